The Morgan fingerprint density at radius 1 is 1.69 bits per heavy atom. The minimum absolute atomic E-state index is 0.458. The van der Waals surface area contributed by atoms with E-state index in [9.17, 15) is 4.79 Å². The van der Waals surface area contributed by atoms with Crippen LogP contribution in [0.2, 0.25) is 0 Å². The number of hydrogen-bond acceptors (Lipinski definition) is 2. The number of rotatable bonds is 4. The smallest absolute Gasteiger partial charge is 0.121 e. The number of nitrogens with zero attached hydrogens (tertiary/aromatic N) is 2. The molecule has 0 spiro atoms. The summed E-state index contributed by atoms with van der Waals surface area (Å²) in [4.78, 5) is 10.2. The lowest BCUT2D eigenvalue weighted by molar-refractivity contribution is -0.108. The molecule has 0 amide bonds. The molecule has 1 rings (SSSR count). The van der Waals surface area contributed by atoms with E-state index in [1.54, 1.807) is 0 Å². The van der Waals surface area contributed by atoms with E-state index in [1.807, 2.05) is 10.9 Å². The summed E-state index contributed by atoms with van der Waals surface area (Å²) in [5.74, 6) is 0.458. The molecule has 0 saturated carbocycles. The lowest BCUT2D eigenvalue weighted by atomic mass is 10.1. The van der Waals surface area contributed by atoms with Crippen molar-refractivity contribution in [3.8, 4) is 0 Å². The van der Waals surface area contributed by atoms with Crippen molar-refractivity contribution in [3.63, 3.8) is 0 Å². The highest BCUT2D eigenvalue weighted by Gasteiger charge is 2.10. The number of carbonyl (C=O) groups is 1. The van der Waals surface area contributed by atoms with Gasteiger partial charge in [-0.25, -0.2) is 0 Å². The highest BCUT2D eigenvalue weighted by molar-refractivity contribution is 9.10. The van der Waals surface area contributed by atoms with Crippen LogP contribution < -0.4 is 0 Å². The standard InChI is InChI=1S/C9H13BrN2O/c1-7(2)8-6-11-12(9(8)10)4-3-5-13/h5-7H,3-4H2,1-2H3. The minimum Gasteiger partial charge on any atom is -0.303 e. The third-order valence-electron chi connectivity index (χ3n) is 1.88. The number of carbonyl (C=O) groups excluding carboxylic acids is 1. The van der Waals surface area contributed by atoms with Gasteiger partial charge in [-0.3, -0.25) is 4.68 Å². The molecule has 0 aliphatic heterocycles. The van der Waals surface area contributed by atoms with Gasteiger partial charge in [0.05, 0.1) is 6.20 Å². The van der Waals surface area contributed by atoms with Crippen molar-refractivity contribution in [1.29, 1.82) is 0 Å². The van der Waals surface area contributed by atoms with Crippen LogP contribution in [0.15, 0.2) is 10.8 Å². The molecule has 0 unspecified atom stereocenters. The number of halogens is 1. The van der Waals surface area contributed by atoms with Gasteiger partial charge >= 0.3 is 0 Å². The maximum atomic E-state index is 10.2. The van der Waals surface area contributed by atoms with Crippen LogP contribution in [0.5, 0.6) is 0 Å². The van der Waals surface area contributed by atoms with Crippen molar-refractivity contribution < 1.29 is 4.79 Å². The van der Waals surface area contributed by atoms with E-state index >= 15 is 0 Å². The first-order valence-electron chi connectivity index (χ1n) is 4.31. The molecule has 0 saturated heterocycles. The molecular weight excluding hydrogens is 232 g/mol. The molecule has 0 aromatic carbocycles. The normalized spacial score (nSPS) is 10.8. The lowest BCUT2D eigenvalue weighted by Crippen LogP contribution is -2.01. The molecule has 1 aromatic heterocycles. The monoisotopic (exact) mass is 244 g/mol. The van der Waals surface area contributed by atoms with Gasteiger partial charge in [-0.2, -0.15) is 5.10 Å². The summed E-state index contributed by atoms with van der Waals surface area (Å²) in [6.45, 7) is 4.88. The quantitative estimate of drug-likeness (QED) is 0.763. The van der Waals surface area contributed by atoms with Crippen LogP contribution in [0.1, 0.15) is 31.7 Å². The predicted molar refractivity (Wildman–Crippen MR) is 54.7 cm³/mol. The van der Waals surface area contributed by atoms with E-state index in [4.69, 9.17) is 0 Å². The summed E-state index contributed by atoms with van der Waals surface area (Å²) in [5, 5.41) is 4.19. The van der Waals surface area contributed by atoms with Crippen LogP contribution in [-0.2, 0) is 11.3 Å². The molecule has 0 radical (unpaired) electrons. The fraction of sp³-hybridized carbons (Fsp3) is 0.556. The first-order valence-corrected chi connectivity index (χ1v) is 5.11. The molecule has 0 bridgehead atoms. The Labute approximate surface area is 86.3 Å². The minimum atomic E-state index is 0.458. The van der Waals surface area contributed by atoms with Gasteiger partial charge in [0.15, 0.2) is 0 Å². The molecule has 1 aromatic rings. The second-order valence-corrected chi connectivity index (χ2v) is 3.98. The number of aromatic nitrogens is 2. The lowest BCUT2D eigenvalue weighted by Gasteiger charge is -2.03. The molecule has 0 N–H and O–H groups in total. The van der Waals surface area contributed by atoms with Crippen LogP contribution in [0.4, 0.5) is 0 Å². The molecule has 4 heteroatoms. The van der Waals surface area contributed by atoms with Gasteiger partial charge in [0.2, 0.25) is 0 Å². The van der Waals surface area contributed by atoms with Crippen molar-refractivity contribution in [3.05, 3.63) is 16.4 Å². The topological polar surface area (TPSA) is 34.9 Å². The molecular formula is C9H13BrN2O. The first kappa shape index (κ1) is 10.4. The maximum Gasteiger partial charge on any atom is 0.121 e. The highest BCUT2D eigenvalue weighted by atomic mass is 79.9. The summed E-state index contributed by atoms with van der Waals surface area (Å²) in [7, 11) is 0. The number of aryl methyl sites for hydroxylation is 1. The molecule has 72 valence electrons. The predicted octanol–water partition coefficient (Wildman–Crippen LogP) is 2.36. The summed E-state index contributed by atoms with van der Waals surface area (Å²) in [5.41, 5.74) is 1.19. The van der Waals surface area contributed by atoms with Gasteiger partial charge < -0.3 is 4.79 Å². The van der Waals surface area contributed by atoms with Crippen molar-refractivity contribution >= 4 is 22.2 Å². The Morgan fingerprint density at radius 2 is 2.38 bits per heavy atom. The molecule has 0 aliphatic rings. The Bertz CT molecular complexity index is 294. The zero-order valence-electron chi connectivity index (χ0n) is 7.83. The second kappa shape index (κ2) is 4.56. The largest absolute Gasteiger partial charge is 0.303 e. The Balaban J connectivity index is 2.80. The van der Waals surface area contributed by atoms with Gasteiger partial charge in [0.1, 0.15) is 10.9 Å². The van der Waals surface area contributed by atoms with Gasteiger partial charge in [0, 0.05) is 18.5 Å². The van der Waals surface area contributed by atoms with Gasteiger partial charge in [-0.05, 0) is 21.8 Å². The SMILES string of the molecule is CC(C)c1cnn(CCC=O)c1Br. The second-order valence-electron chi connectivity index (χ2n) is 3.22. The Morgan fingerprint density at radius 3 is 2.85 bits per heavy atom. The van der Waals surface area contributed by atoms with Crippen LogP contribution in [-0.4, -0.2) is 16.1 Å². The van der Waals surface area contributed by atoms with E-state index in [0.29, 0.717) is 18.9 Å². The summed E-state index contributed by atoms with van der Waals surface area (Å²) in [6, 6.07) is 0. The van der Waals surface area contributed by atoms with Crippen LogP contribution in [0.3, 0.4) is 0 Å². The number of hydrogen-bond donors (Lipinski definition) is 0. The van der Waals surface area contributed by atoms with Crippen molar-refractivity contribution in [1.82, 2.24) is 9.78 Å². The molecule has 1 heterocycles. The van der Waals surface area contributed by atoms with E-state index < -0.39 is 0 Å². The average Bonchev–Trinajstić information content (AvgIpc) is 2.43. The third kappa shape index (κ3) is 2.40. The first-order chi connectivity index (χ1) is 6.16. The summed E-state index contributed by atoms with van der Waals surface area (Å²) < 4.78 is 2.80. The van der Waals surface area contributed by atoms with E-state index in [0.717, 1.165) is 10.9 Å². The average molecular weight is 245 g/mol. The fourth-order valence-electron chi connectivity index (χ4n) is 1.10. The van der Waals surface area contributed by atoms with Crippen LogP contribution >= 0.6 is 15.9 Å². The van der Waals surface area contributed by atoms with Crippen LogP contribution in [0.25, 0.3) is 0 Å². The zero-order chi connectivity index (χ0) is 9.84. The fourth-order valence-corrected chi connectivity index (χ4v) is 1.93. The van der Waals surface area contributed by atoms with E-state index in [1.165, 1.54) is 5.56 Å². The highest BCUT2D eigenvalue weighted by Crippen LogP contribution is 2.23. The van der Waals surface area contributed by atoms with Gasteiger partial charge in [-0.15, -0.1) is 0 Å². The molecule has 0 aliphatic carbocycles. The van der Waals surface area contributed by atoms with E-state index in [2.05, 4.69) is 34.9 Å². The van der Waals surface area contributed by atoms with Gasteiger partial charge in [-0.1, -0.05) is 13.8 Å². The maximum absolute atomic E-state index is 10.2. The van der Waals surface area contributed by atoms with Gasteiger partial charge in [0.25, 0.3) is 0 Å². The Kier molecular flexibility index (Phi) is 3.66. The van der Waals surface area contributed by atoms with Crippen molar-refractivity contribution in [2.75, 3.05) is 0 Å². The summed E-state index contributed by atoms with van der Waals surface area (Å²) in [6.07, 6.45) is 3.26. The van der Waals surface area contributed by atoms with E-state index in [-0.39, 0.29) is 0 Å². The zero-order valence-corrected chi connectivity index (χ0v) is 9.41. The Hall–Kier alpha value is -0.640. The molecule has 0 atom stereocenters. The summed E-state index contributed by atoms with van der Waals surface area (Å²) >= 11 is 3.47. The molecule has 0 fully saturated rings. The number of aldehydes is 1. The molecule has 13 heavy (non-hydrogen) atoms. The molecule has 3 nitrogen and oxygen atoms in total. The van der Waals surface area contributed by atoms with Crippen molar-refractivity contribution in [2.24, 2.45) is 0 Å². The third-order valence-corrected chi connectivity index (χ3v) is 2.75. The van der Waals surface area contributed by atoms with Crippen LogP contribution in [0, 0.1) is 0 Å². The van der Waals surface area contributed by atoms with Crippen molar-refractivity contribution in [2.45, 2.75) is 32.7 Å².